The van der Waals surface area contributed by atoms with Crippen LogP contribution in [0.3, 0.4) is 0 Å². The lowest BCUT2D eigenvalue weighted by molar-refractivity contribution is 0.144. The lowest BCUT2D eigenvalue weighted by atomic mass is 9.98. The van der Waals surface area contributed by atoms with E-state index in [2.05, 4.69) is 17.4 Å². The van der Waals surface area contributed by atoms with Crippen LogP contribution >= 0.6 is 0 Å². The molecule has 0 radical (unpaired) electrons. The van der Waals surface area contributed by atoms with Gasteiger partial charge < -0.3 is 15.8 Å². The number of alkyl carbamates (subject to hydrolysis) is 1. The SMILES string of the molecule is Nc1ccc(C=CCNC(=O)OCC2c3ccccc3-c3ccccc32)c(F)c1F. The number of rotatable bonds is 5. The van der Waals surface area contributed by atoms with E-state index >= 15 is 0 Å². The Morgan fingerprint density at radius 1 is 0.967 bits per heavy atom. The van der Waals surface area contributed by atoms with Crippen LogP contribution in [0, 0.1) is 11.6 Å². The molecule has 0 spiro atoms. The molecule has 0 bridgehead atoms. The molecule has 0 fully saturated rings. The van der Waals surface area contributed by atoms with E-state index in [0.717, 1.165) is 22.3 Å². The average molecular weight is 406 g/mol. The van der Waals surface area contributed by atoms with Gasteiger partial charge in [0, 0.05) is 18.0 Å². The van der Waals surface area contributed by atoms with E-state index in [9.17, 15) is 13.6 Å². The van der Waals surface area contributed by atoms with Crippen LogP contribution in [0.15, 0.2) is 66.7 Å². The Hall–Kier alpha value is -3.67. The van der Waals surface area contributed by atoms with Crippen molar-refractivity contribution in [2.45, 2.75) is 5.92 Å². The Bertz CT molecular complexity index is 1080. The second kappa shape index (κ2) is 8.37. The number of nitrogens with two attached hydrogens (primary N) is 1. The molecule has 0 aromatic heterocycles. The number of nitrogens with one attached hydrogen (secondary N) is 1. The fourth-order valence-electron chi connectivity index (χ4n) is 3.69. The third-order valence-electron chi connectivity index (χ3n) is 5.15. The Morgan fingerprint density at radius 3 is 2.27 bits per heavy atom. The zero-order chi connectivity index (χ0) is 21.1. The molecule has 152 valence electrons. The maximum atomic E-state index is 13.8. The number of carbonyl (C=O) groups is 1. The van der Waals surface area contributed by atoms with E-state index < -0.39 is 17.7 Å². The predicted molar refractivity (Wildman–Crippen MR) is 113 cm³/mol. The summed E-state index contributed by atoms with van der Waals surface area (Å²) in [5, 5.41) is 2.58. The summed E-state index contributed by atoms with van der Waals surface area (Å²) >= 11 is 0. The first kappa shape index (κ1) is 19.6. The van der Waals surface area contributed by atoms with Gasteiger partial charge in [0.15, 0.2) is 11.6 Å². The first-order chi connectivity index (χ1) is 14.6. The smallest absolute Gasteiger partial charge is 0.407 e. The molecule has 1 aliphatic rings. The molecule has 3 aromatic carbocycles. The zero-order valence-electron chi connectivity index (χ0n) is 16.1. The van der Waals surface area contributed by atoms with E-state index in [-0.39, 0.29) is 30.3 Å². The van der Waals surface area contributed by atoms with Crippen LogP contribution in [0.4, 0.5) is 19.3 Å². The van der Waals surface area contributed by atoms with Crippen LogP contribution < -0.4 is 11.1 Å². The Labute approximate surface area is 173 Å². The van der Waals surface area contributed by atoms with Gasteiger partial charge in [-0.05, 0) is 34.4 Å². The molecule has 1 aliphatic carbocycles. The molecule has 0 heterocycles. The van der Waals surface area contributed by atoms with Crippen LogP contribution in [0.2, 0.25) is 0 Å². The summed E-state index contributed by atoms with van der Waals surface area (Å²) in [6, 6.07) is 18.8. The van der Waals surface area contributed by atoms with Crippen molar-refractivity contribution in [2.24, 2.45) is 0 Å². The summed E-state index contributed by atoms with van der Waals surface area (Å²) in [6.07, 6.45) is 2.31. The Morgan fingerprint density at radius 2 is 1.60 bits per heavy atom. The van der Waals surface area contributed by atoms with Crippen LogP contribution in [0.25, 0.3) is 17.2 Å². The average Bonchev–Trinajstić information content (AvgIpc) is 3.09. The van der Waals surface area contributed by atoms with Crippen LogP contribution in [0.5, 0.6) is 0 Å². The summed E-state index contributed by atoms with van der Waals surface area (Å²) in [5.74, 6) is -2.13. The number of benzene rings is 3. The van der Waals surface area contributed by atoms with Gasteiger partial charge in [0.2, 0.25) is 0 Å². The first-order valence-electron chi connectivity index (χ1n) is 9.55. The molecule has 3 aromatic rings. The van der Waals surface area contributed by atoms with Crippen molar-refractivity contribution in [1.82, 2.24) is 5.32 Å². The summed E-state index contributed by atoms with van der Waals surface area (Å²) in [4.78, 5) is 12.1. The number of amides is 1. The lowest BCUT2D eigenvalue weighted by Crippen LogP contribution is -2.26. The van der Waals surface area contributed by atoms with E-state index in [1.165, 1.54) is 24.3 Å². The number of nitrogen functional groups attached to an aromatic ring is 1. The molecular formula is C24H20F2N2O2. The summed E-state index contributed by atoms with van der Waals surface area (Å²) < 4.78 is 32.6. The number of carbonyl (C=O) groups excluding carboxylic acids is 1. The number of hydrogen-bond acceptors (Lipinski definition) is 3. The second-order valence-electron chi connectivity index (χ2n) is 6.98. The number of anilines is 1. The van der Waals surface area contributed by atoms with Crippen molar-refractivity contribution in [2.75, 3.05) is 18.9 Å². The Kier molecular flexibility index (Phi) is 5.48. The summed E-state index contributed by atoms with van der Waals surface area (Å²) in [7, 11) is 0. The summed E-state index contributed by atoms with van der Waals surface area (Å²) in [6.45, 7) is 0.323. The van der Waals surface area contributed by atoms with Crippen LogP contribution in [0.1, 0.15) is 22.6 Å². The third kappa shape index (κ3) is 3.76. The number of hydrogen-bond donors (Lipinski definition) is 2. The Balaban J connectivity index is 1.34. The molecule has 30 heavy (non-hydrogen) atoms. The standard InChI is InChI=1S/C24H20F2N2O2/c25-22-15(11-12-21(27)23(22)26)6-5-13-28-24(29)30-14-20-18-9-3-1-7-16(18)17-8-2-4-10-19(17)20/h1-12,20H,13-14,27H2,(H,28,29). The molecule has 0 saturated carbocycles. The second-order valence-corrected chi connectivity index (χ2v) is 6.98. The largest absolute Gasteiger partial charge is 0.449 e. The number of halogens is 2. The van der Waals surface area contributed by atoms with E-state index in [4.69, 9.17) is 10.5 Å². The van der Waals surface area contributed by atoms with Gasteiger partial charge in [0.1, 0.15) is 6.61 Å². The van der Waals surface area contributed by atoms with Gasteiger partial charge in [0.05, 0.1) is 5.69 Å². The van der Waals surface area contributed by atoms with Gasteiger partial charge in [-0.15, -0.1) is 0 Å². The van der Waals surface area contributed by atoms with Gasteiger partial charge in [-0.25, -0.2) is 13.6 Å². The molecular weight excluding hydrogens is 386 g/mol. The van der Waals surface area contributed by atoms with Crippen molar-refractivity contribution in [3.8, 4) is 11.1 Å². The van der Waals surface area contributed by atoms with Crippen molar-refractivity contribution in [3.05, 3.63) is 95.1 Å². The molecule has 4 nitrogen and oxygen atoms in total. The fraction of sp³-hybridized carbons (Fsp3) is 0.125. The summed E-state index contributed by atoms with van der Waals surface area (Å²) in [5.41, 5.74) is 9.69. The monoisotopic (exact) mass is 406 g/mol. The van der Waals surface area contributed by atoms with Gasteiger partial charge in [0.25, 0.3) is 0 Å². The first-order valence-corrected chi connectivity index (χ1v) is 9.55. The minimum Gasteiger partial charge on any atom is -0.449 e. The fourth-order valence-corrected chi connectivity index (χ4v) is 3.69. The topological polar surface area (TPSA) is 64.3 Å². The highest BCUT2D eigenvalue weighted by atomic mass is 19.2. The predicted octanol–water partition coefficient (Wildman–Crippen LogP) is 5.10. The molecule has 0 saturated heterocycles. The lowest BCUT2D eigenvalue weighted by Gasteiger charge is -2.14. The van der Waals surface area contributed by atoms with Crippen molar-refractivity contribution >= 4 is 17.9 Å². The molecule has 1 amide bonds. The van der Waals surface area contributed by atoms with E-state index in [0.29, 0.717) is 0 Å². The van der Waals surface area contributed by atoms with E-state index in [1.807, 2.05) is 36.4 Å². The highest BCUT2D eigenvalue weighted by Crippen LogP contribution is 2.44. The molecule has 3 N–H and O–H groups in total. The van der Waals surface area contributed by atoms with Crippen molar-refractivity contribution in [3.63, 3.8) is 0 Å². The molecule has 6 heteroatoms. The molecule has 0 atom stereocenters. The minimum atomic E-state index is -1.08. The quantitative estimate of drug-likeness (QED) is 0.580. The zero-order valence-corrected chi connectivity index (χ0v) is 16.1. The van der Waals surface area contributed by atoms with Gasteiger partial charge >= 0.3 is 6.09 Å². The van der Waals surface area contributed by atoms with Gasteiger partial charge in [-0.2, -0.15) is 0 Å². The highest BCUT2D eigenvalue weighted by molar-refractivity contribution is 5.79. The van der Waals surface area contributed by atoms with Crippen molar-refractivity contribution < 1.29 is 18.3 Å². The highest BCUT2D eigenvalue weighted by Gasteiger charge is 2.28. The van der Waals surface area contributed by atoms with E-state index in [1.54, 1.807) is 0 Å². The van der Waals surface area contributed by atoms with Crippen LogP contribution in [-0.2, 0) is 4.74 Å². The molecule has 0 unspecified atom stereocenters. The molecule has 0 aliphatic heterocycles. The third-order valence-corrected chi connectivity index (χ3v) is 5.15. The van der Waals surface area contributed by atoms with Gasteiger partial charge in [-0.3, -0.25) is 0 Å². The van der Waals surface area contributed by atoms with Crippen LogP contribution in [-0.4, -0.2) is 19.2 Å². The number of fused-ring (bicyclic) bond motifs is 3. The molecule has 4 rings (SSSR count). The van der Waals surface area contributed by atoms with Crippen molar-refractivity contribution in [1.29, 1.82) is 0 Å². The maximum absolute atomic E-state index is 13.8. The maximum Gasteiger partial charge on any atom is 0.407 e. The number of ether oxygens (including phenoxy) is 1. The van der Waals surface area contributed by atoms with Gasteiger partial charge in [-0.1, -0.05) is 60.7 Å². The normalized spacial score (nSPS) is 12.6. The minimum absolute atomic E-state index is 0.0226.